The molecule has 0 radical (unpaired) electrons. The first-order chi connectivity index (χ1) is 5.25. The minimum absolute atomic E-state index is 1.14. The van der Waals surface area contributed by atoms with Crippen LogP contribution in [0.3, 0.4) is 0 Å². The molecule has 0 saturated carbocycles. The Labute approximate surface area is 78.8 Å². The van der Waals surface area contributed by atoms with Gasteiger partial charge in [0, 0.05) is 0 Å². The molecule has 0 fully saturated rings. The highest BCUT2D eigenvalue weighted by atomic mass is 35.6. The van der Waals surface area contributed by atoms with Crippen LogP contribution in [0.4, 0.5) is 0 Å². The van der Waals surface area contributed by atoms with Gasteiger partial charge in [-0.15, -0.1) is 0 Å². The fourth-order valence-corrected chi connectivity index (χ4v) is 0.373. The normalized spacial score (nSPS) is 15.0. The zero-order valence-electron chi connectivity index (χ0n) is 5.97. The molecule has 0 aromatic carbocycles. The Kier molecular flexibility index (Phi) is 3.23. The van der Waals surface area contributed by atoms with Crippen molar-refractivity contribution in [2.45, 2.75) is 3.79 Å². The van der Waals surface area contributed by atoms with Crippen molar-refractivity contribution in [2.75, 3.05) is 6.52 Å². The SMILES string of the molecule is [2H][C@@H](NC(=O)C(Cl)(Cl)Cl)C(=O)O. The van der Waals surface area contributed by atoms with E-state index in [1.54, 1.807) is 5.32 Å². The van der Waals surface area contributed by atoms with Gasteiger partial charge in [0.25, 0.3) is 9.70 Å². The van der Waals surface area contributed by atoms with E-state index in [0.29, 0.717) is 0 Å². The van der Waals surface area contributed by atoms with Crippen molar-refractivity contribution in [2.24, 2.45) is 0 Å². The van der Waals surface area contributed by atoms with Gasteiger partial charge in [0.05, 0.1) is 1.37 Å². The van der Waals surface area contributed by atoms with E-state index in [1.807, 2.05) is 0 Å². The molecule has 0 aromatic rings. The Hall–Kier alpha value is -0.190. The molecule has 1 atom stereocenters. The van der Waals surface area contributed by atoms with Gasteiger partial charge in [-0.05, 0) is 0 Å². The van der Waals surface area contributed by atoms with Gasteiger partial charge in [-0.25, -0.2) is 0 Å². The van der Waals surface area contributed by atoms with E-state index in [0.717, 1.165) is 0 Å². The van der Waals surface area contributed by atoms with Gasteiger partial charge in [0.2, 0.25) is 0 Å². The predicted molar refractivity (Wildman–Crippen MR) is 40.9 cm³/mol. The first kappa shape index (κ1) is 8.90. The van der Waals surface area contributed by atoms with Gasteiger partial charge < -0.3 is 10.4 Å². The molecule has 0 spiro atoms. The molecule has 4 nitrogen and oxygen atoms in total. The van der Waals surface area contributed by atoms with E-state index in [2.05, 4.69) is 0 Å². The maximum Gasteiger partial charge on any atom is 0.322 e. The number of alkyl halides is 3. The Morgan fingerprint density at radius 2 is 2.00 bits per heavy atom. The minimum atomic E-state index is -2.24. The second-order valence-electron chi connectivity index (χ2n) is 1.45. The molecule has 1 amide bonds. The Morgan fingerprint density at radius 3 is 2.27 bits per heavy atom. The lowest BCUT2D eigenvalue weighted by Crippen LogP contribution is -2.37. The fourth-order valence-electron chi connectivity index (χ4n) is 0.209. The average molecular weight is 221 g/mol. The highest BCUT2D eigenvalue weighted by molar-refractivity contribution is 6.76. The molecule has 0 heterocycles. The molecule has 11 heavy (non-hydrogen) atoms. The number of rotatable bonds is 2. The van der Waals surface area contributed by atoms with Crippen molar-refractivity contribution in [1.82, 2.24) is 5.32 Å². The highest BCUT2D eigenvalue weighted by Gasteiger charge is 2.30. The van der Waals surface area contributed by atoms with Crippen LogP contribution in [-0.2, 0) is 9.59 Å². The van der Waals surface area contributed by atoms with E-state index < -0.39 is 22.2 Å². The molecule has 2 N–H and O–H groups in total. The average Bonchev–Trinajstić information content (AvgIpc) is 1.85. The van der Waals surface area contributed by atoms with Gasteiger partial charge in [-0.2, -0.15) is 0 Å². The van der Waals surface area contributed by atoms with Crippen LogP contribution >= 0.6 is 34.8 Å². The summed E-state index contributed by atoms with van der Waals surface area (Å²) in [6.07, 6.45) is 0. The molecule has 0 aliphatic carbocycles. The first-order valence-corrected chi connectivity index (χ1v) is 3.41. The van der Waals surface area contributed by atoms with E-state index in [4.69, 9.17) is 41.3 Å². The minimum Gasteiger partial charge on any atom is -0.480 e. The van der Waals surface area contributed by atoms with Crippen LogP contribution in [0.5, 0.6) is 0 Å². The maximum absolute atomic E-state index is 10.7. The van der Waals surface area contributed by atoms with Crippen LogP contribution in [0.25, 0.3) is 0 Å². The van der Waals surface area contributed by atoms with E-state index in [9.17, 15) is 9.59 Å². The summed E-state index contributed by atoms with van der Waals surface area (Å²) in [5.41, 5.74) is 0. The summed E-state index contributed by atoms with van der Waals surface area (Å²) < 4.78 is 4.49. The van der Waals surface area contributed by atoms with Crippen LogP contribution in [-0.4, -0.2) is 27.3 Å². The lowest BCUT2D eigenvalue weighted by atomic mass is 10.6. The third kappa shape index (κ3) is 5.12. The molecule has 64 valence electrons. The van der Waals surface area contributed by atoms with Gasteiger partial charge in [-0.1, -0.05) is 34.8 Å². The largest absolute Gasteiger partial charge is 0.480 e. The summed E-state index contributed by atoms with van der Waals surface area (Å²) in [7, 11) is 0. The van der Waals surface area contributed by atoms with Crippen LogP contribution in [0.15, 0.2) is 0 Å². The van der Waals surface area contributed by atoms with Gasteiger partial charge in [0.15, 0.2) is 0 Å². The van der Waals surface area contributed by atoms with Crippen LogP contribution in [0.2, 0.25) is 0 Å². The van der Waals surface area contributed by atoms with Crippen molar-refractivity contribution in [3.63, 3.8) is 0 Å². The third-order valence-corrected chi connectivity index (χ3v) is 1.10. The van der Waals surface area contributed by atoms with E-state index in [-0.39, 0.29) is 0 Å². The predicted octanol–water partition coefficient (Wildman–Crippen LogP) is 0.557. The van der Waals surface area contributed by atoms with Crippen molar-refractivity contribution in [3.05, 3.63) is 0 Å². The number of carbonyl (C=O) groups is 2. The number of carbonyl (C=O) groups excluding carboxylic acids is 1. The summed E-state index contributed by atoms with van der Waals surface area (Å²) in [6.45, 7) is -1.83. The third-order valence-electron chi connectivity index (χ3n) is 0.584. The van der Waals surface area contributed by atoms with Gasteiger partial charge in [0.1, 0.15) is 6.52 Å². The second-order valence-corrected chi connectivity index (χ2v) is 3.74. The topological polar surface area (TPSA) is 66.4 Å². The number of hydrogen-bond donors (Lipinski definition) is 2. The van der Waals surface area contributed by atoms with Crippen molar-refractivity contribution in [3.8, 4) is 0 Å². The Morgan fingerprint density at radius 1 is 1.55 bits per heavy atom. The molecule has 0 rings (SSSR count). The lowest BCUT2D eigenvalue weighted by molar-refractivity contribution is -0.137. The number of hydrogen-bond acceptors (Lipinski definition) is 2. The number of amides is 1. The number of nitrogens with one attached hydrogen (secondary N) is 1. The molecule has 7 heteroatoms. The number of halogens is 3. The molecule has 0 aliphatic rings. The quantitative estimate of drug-likeness (QED) is 0.670. The standard InChI is InChI=1S/C4H4Cl3NO3/c5-4(6,7)3(11)8-1-2(9)10/h1H2,(H,8,11)(H,9,10)/i1D/t1-/m1/s1. The van der Waals surface area contributed by atoms with Crippen LogP contribution < -0.4 is 5.32 Å². The molecule has 0 unspecified atom stereocenters. The molecule has 0 aliphatic heterocycles. The van der Waals surface area contributed by atoms with Crippen molar-refractivity contribution < 1.29 is 16.1 Å². The summed E-state index contributed by atoms with van der Waals surface area (Å²) in [6, 6.07) is 0. The lowest BCUT2D eigenvalue weighted by Gasteiger charge is -2.08. The molecular formula is C4H4Cl3NO3. The van der Waals surface area contributed by atoms with E-state index in [1.165, 1.54) is 0 Å². The second kappa shape index (κ2) is 3.99. The number of carboxylic acids is 1. The first-order valence-electron chi connectivity index (χ1n) is 2.85. The van der Waals surface area contributed by atoms with Crippen molar-refractivity contribution >= 4 is 46.7 Å². The summed E-state index contributed by atoms with van der Waals surface area (Å²) >= 11 is 15.2. The summed E-state index contributed by atoms with van der Waals surface area (Å²) in [5, 5.41) is 9.82. The fraction of sp³-hybridized carbons (Fsp3) is 0.500. The zero-order valence-corrected chi connectivity index (χ0v) is 7.24. The monoisotopic (exact) mass is 220 g/mol. The smallest absolute Gasteiger partial charge is 0.322 e. The summed E-state index contributed by atoms with van der Waals surface area (Å²) in [4.78, 5) is 20.7. The number of aliphatic carboxylic acids is 1. The maximum atomic E-state index is 10.7. The number of carboxylic acid groups (broad SMARTS) is 1. The van der Waals surface area contributed by atoms with Gasteiger partial charge >= 0.3 is 5.97 Å². The van der Waals surface area contributed by atoms with E-state index >= 15 is 0 Å². The van der Waals surface area contributed by atoms with Crippen LogP contribution in [0, 0.1) is 0 Å². The Balaban J connectivity index is 4.11. The molecule has 0 bridgehead atoms. The molecule has 0 aromatic heterocycles. The Bertz CT molecular complexity index is 204. The van der Waals surface area contributed by atoms with Gasteiger partial charge in [-0.3, -0.25) is 9.59 Å². The van der Waals surface area contributed by atoms with Crippen molar-refractivity contribution in [1.29, 1.82) is 0 Å². The summed E-state index contributed by atoms with van der Waals surface area (Å²) in [5.74, 6) is -2.67. The molecule has 0 saturated heterocycles. The van der Waals surface area contributed by atoms with Crippen LogP contribution in [0.1, 0.15) is 1.37 Å². The zero-order chi connectivity index (χ0) is 9.94. The molecular weight excluding hydrogens is 216 g/mol. The highest BCUT2D eigenvalue weighted by Crippen LogP contribution is 2.25.